The number of hydrogen-bond acceptors (Lipinski definition) is 3. The minimum absolute atomic E-state index is 0.296. The molecule has 1 aromatic carbocycles. The number of nitrogens with one attached hydrogen (secondary N) is 1. The smallest absolute Gasteiger partial charge is 0.165 e. The number of fused-ring (bicyclic) bond motifs is 1. The van der Waals surface area contributed by atoms with Crippen LogP contribution in [0, 0.1) is 0 Å². The average Bonchev–Trinajstić information content (AvgIpc) is 2.29. The summed E-state index contributed by atoms with van der Waals surface area (Å²) < 4.78 is 11.9. The Morgan fingerprint density at radius 1 is 1.38 bits per heavy atom. The summed E-state index contributed by atoms with van der Waals surface area (Å²) in [6, 6.07) is 2.28. The van der Waals surface area contributed by atoms with Gasteiger partial charge in [-0.25, -0.2) is 0 Å². The Bertz CT molecular complexity index is 406. The second-order valence-corrected chi connectivity index (χ2v) is 4.77. The van der Waals surface area contributed by atoms with E-state index in [9.17, 15) is 0 Å². The normalized spacial score (nSPS) is 19.1. The van der Waals surface area contributed by atoms with Gasteiger partial charge in [0.1, 0.15) is 0 Å². The fourth-order valence-electron chi connectivity index (χ4n) is 2.26. The predicted molar refractivity (Wildman–Crippen MR) is 67.4 cm³/mol. The van der Waals surface area contributed by atoms with E-state index < -0.39 is 0 Å². The highest BCUT2D eigenvalue weighted by Crippen LogP contribution is 2.42. The molecule has 1 heterocycles. The fourth-order valence-corrected chi connectivity index (χ4v) is 2.88. The van der Waals surface area contributed by atoms with E-state index in [4.69, 9.17) is 9.47 Å². The van der Waals surface area contributed by atoms with Crippen molar-refractivity contribution in [3.8, 4) is 11.5 Å². The molecule has 0 radical (unpaired) electrons. The number of hydrogen-bond donors (Lipinski definition) is 1. The van der Waals surface area contributed by atoms with E-state index in [-0.39, 0.29) is 0 Å². The van der Waals surface area contributed by atoms with Crippen molar-refractivity contribution in [3.63, 3.8) is 0 Å². The molecule has 1 aliphatic rings. The van der Waals surface area contributed by atoms with Gasteiger partial charge >= 0.3 is 0 Å². The summed E-state index contributed by atoms with van der Waals surface area (Å²) in [6.07, 6.45) is 1.01. The number of benzene rings is 1. The Balaban J connectivity index is 2.65. The number of rotatable bonds is 2. The van der Waals surface area contributed by atoms with Gasteiger partial charge < -0.3 is 14.8 Å². The van der Waals surface area contributed by atoms with Gasteiger partial charge in [0.2, 0.25) is 0 Å². The maximum absolute atomic E-state index is 5.47. The van der Waals surface area contributed by atoms with Crippen LogP contribution in [0.5, 0.6) is 11.5 Å². The maximum atomic E-state index is 5.47. The summed E-state index contributed by atoms with van der Waals surface area (Å²) in [4.78, 5) is 0. The van der Waals surface area contributed by atoms with Crippen molar-refractivity contribution in [2.24, 2.45) is 0 Å². The summed E-state index contributed by atoms with van der Waals surface area (Å²) in [5.41, 5.74) is 2.53. The third-order valence-corrected chi connectivity index (χ3v) is 3.73. The van der Waals surface area contributed by atoms with E-state index >= 15 is 0 Å². The Hall–Kier alpha value is -0.740. The average molecular weight is 286 g/mol. The van der Waals surface area contributed by atoms with Gasteiger partial charge in [0.15, 0.2) is 11.5 Å². The van der Waals surface area contributed by atoms with E-state index in [0.717, 1.165) is 28.9 Å². The Morgan fingerprint density at radius 2 is 2.12 bits per heavy atom. The molecule has 2 rings (SSSR count). The van der Waals surface area contributed by atoms with Crippen LogP contribution < -0.4 is 14.8 Å². The van der Waals surface area contributed by atoms with Crippen molar-refractivity contribution >= 4 is 15.9 Å². The molecular formula is C12H16BrNO2. The van der Waals surface area contributed by atoms with Crippen molar-refractivity contribution in [1.29, 1.82) is 0 Å². The Labute approximate surface area is 104 Å². The zero-order valence-electron chi connectivity index (χ0n) is 9.76. The van der Waals surface area contributed by atoms with Crippen LogP contribution in [0.1, 0.15) is 24.1 Å². The first kappa shape index (κ1) is 11.7. The summed E-state index contributed by atoms with van der Waals surface area (Å²) in [6.45, 7) is 3.15. The van der Waals surface area contributed by atoms with E-state index in [0.29, 0.717) is 6.04 Å². The van der Waals surface area contributed by atoms with Gasteiger partial charge in [-0.2, -0.15) is 0 Å². The van der Waals surface area contributed by atoms with Crippen molar-refractivity contribution in [2.45, 2.75) is 19.4 Å². The molecule has 1 aliphatic heterocycles. The molecule has 0 saturated carbocycles. The largest absolute Gasteiger partial charge is 0.493 e. The summed E-state index contributed by atoms with van der Waals surface area (Å²) in [7, 11) is 3.35. The molecule has 1 N–H and O–H groups in total. The van der Waals surface area contributed by atoms with Crippen LogP contribution in [-0.2, 0) is 6.42 Å². The van der Waals surface area contributed by atoms with Crippen molar-refractivity contribution < 1.29 is 9.47 Å². The first-order valence-electron chi connectivity index (χ1n) is 5.35. The highest BCUT2D eigenvalue weighted by Gasteiger charge is 2.25. The van der Waals surface area contributed by atoms with Crippen LogP contribution in [0.4, 0.5) is 0 Å². The third-order valence-electron chi connectivity index (χ3n) is 3.02. The Kier molecular flexibility index (Phi) is 3.40. The molecule has 0 aliphatic carbocycles. The lowest BCUT2D eigenvalue weighted by atomic mass is 9.94. The molecule has 0 amide bonds. The molecule has 1 aromatic rings. The summed E-state index contributed by atoms with van der Waals surface area (Å²) >= 11 is 3.60. The van der Waals surface area contributed by atoms with Crippen LogP contribution >= 0.6 is 15.9 Å². The molecule has 0 saturated heterocycles. The van der Waals surface area contributed by atoms with Crippen LogP contribution in [0.25, 0.3) is 0 Å². The van der Waals surface area contributed by atoms with Gasteiger partial charge in [0.25, 0.3) is 0 Å². The van der Waals surface area contributed by atoms with E-state index in [1.54, 1.807) is 14.2 Å². The van der Waals surface area contributed by atoms with E-state index in [2.05, 4.69) is 28.2 Å². The zero-order chi connectivity index (χ0) is 11.7. The molecular weight excluding hydrogens is 270 g/mol. The molecule has 88 valence electrons. The second-order valence-electron chi connectivity index (χ2n) is 3.91. The number of ether oxygens (including phenoxy) is 2. The standard InChI is InChI=1S/C12H16BrNO2/c1-7-11-8(4-5-14-7)9(13)6-10(15-2)12(11)16-3/h6-7,14H,4-5H2,1-3H3. The molecule has 1 atom stereocenters. The molecule has 4 heteroatoms. The van der Waals surface area contributed by atoms with Gasteiger partial charge in [-0.3, -0.25) is 0 Å². The van der Waals surface area contributed by atoms with Crippen LogP contribution in [-0.4, -0.2) is 20.8 Å². The molecule has 3 nitrogen and oxygen atoms in total. The minimum Gasteiger partial charge on any atom is -0.493 e. The fraction of sp³-hybridized carbons (Fsp3) is 0.500. The van der Waals surface area contributed by atoms with Crippen LogP contribution in [0.3, 0.4) is 0 Å². The first-order valence-corrected chi connectivity index (χ1v) is 6.15. The summed E-state index contributed by atoms with van der Waals surface area (Å²) in [5.74, 6) is 1.63. The molecule has 0 aromatic heterocycles. The van der Waals surface area contributed by atoms with Crippen LogP contribution in [0.2, 0.25) is 0 Å². The van der Waals surface area contributed by atoms with Crippen LogP contribution in [0.15, 0.2) is 10.5 Å². The van der Waals surface area contributed by atoms with Gasteiger partial charge in [-0.1, -0.05) is 15.9 Å². The second kappa shape index (κ2) is 4.63. The number of halogens is 1. The molecule has 0 spiro atoms. The highest BCUT2D eigenvalue weighted by atomic mass is 79.9. The van der Waals surface area contributed by atoms with Crippen molar-refractivity contribution in [3.05, 3.63) is 21.7 Å². The van der Waals surface area contributed by atoms with Gasteiger partial charge in [-0.05, 0) is 31.5 Å². The minimum atomic E-state index is 0.296. The Morgan fingerprint density at radius 3 is 2.75 bits per heavy atom. The van der Waals surface area contributed by atoms with Crippen molar-refractivity contribution in [1.82, 2.24) is 5.32 Å². The molecule has 1 unspecified atom stereocenters. The van der Waals surface area contributed by atoms with E-state index in [1.165, 1.54) is 11.1 Å². The SMILES string of the molecule is COc1cc(Br)c2c(c1OC)C(C)NCC2. The molecule has 16 heavy (non-hydrogen) atoms. The van der Waals surface area contributed by atoms with Gasteiger partial charge in [-0.15, -0.1) is 0 Å². The van der Waals surface area contributed by atoms with Gasteiger partial charge in [0, 0.05) is 16.1 Å². The third kappa shape index (κ3) is 1.80. The lowest BCUT2D eigenvalue weighted by Gasteiger charge is -2.28. The lowest BCUT2D eigenvalue weighted by molar-refractivity contribution is 0.344. The maximum Gasteiger partial charge on any atom is 0.165 e. The lowest BCUT2D eigenvalue weighted by Crippen LogP contribution is -2.28. The quantitative estimate of drug-likeness (QED) is 0.906. The molecule has 0 bridgehead atoms. The van der Waals surface area contributed by atoms with Crippen molar-refractivity contribution in [2.75, 3.05) is 20.8 Å². The summed E-state index contributed by atoms with van der Waals surface area (Å²) in [5, 5.41) is 3.44. The first-order chi connectivity index (χ1) is 7.69. The zero-order valence-corrected chi connectivity index (χ0v) is 11.3. The monoisotopic (exact) mass is 285 g/mol. The predicted octanol–water partition coefficient (Wildman–Crippen LogP) is 2.67. The highest BCUT2D eigenvalue weighted by molar-refractivity contribution is 9.10. The number of methoxy groups -OCH3 is 2. The van der Waals surface area contributed by atoms with E-state index in [1.807, 2.05) is 6.07 Å². The molecule has 0 fully saturated rings. The topological polar surface area (TPSA) is 30.5 Å². The van der Waals surface area contributed by atoms with Gasteiger partial charge in [0.05, 0.1) is 14.2 Å².